The van der Waals surface area contributed by atoms with E-state index in [0.717, 1.165) is 0 Å². The quantitative estimate of drug-likeness (QED) is 0.543. The van der Waals surface area contributed by atoms with E-state index in [2.05, 4.69) is 6.58 Å². The first-order valence-corrected chi connectivity index (χ1v) is 3.00. The average molecular weight is 142 g/mol. The fraction of sp³-hybridized carbons (Fsp3) is 0.429. The summed E-state index contributed by atoms with van der Waals surface area (Å²) in [6.45, 7) is 4.97. The van der Waals surface area contributed by atoms with E-state index in [-0.39, 0.29) is 6.42 Å². The molecule has 3 nitrogen and oxygen atoms in total. The molecule has 1 atom stereocenters. The standard InChI is InChI=1S/C7H12NO2/c1-3-5-7(10,4-2)6(8)9/h3-4,10H,1,5H2,2H3,(H2,8,9)/t7-/m1/s1. The van der Waals surface area contributed by atoms with E-state index in [1.165, 1.54) is 12.5 Å². The molecule has 0 rings (SSSR count). The first-order valence-electron chi connectivity index (χ1n) is 3.00. The van der Waals surface area contributed by atoms with Gasteiger partial charge in [-0.3, -0.25) is 4.79 Å². The van der Waals surface area contributed by atoms with Crippen LogP contribution in [-0.2, 0) is 4.79 Å². The smallest absolute Gasteiger partial charge is 0.250 e. The molecule has 0 aliphatic heterocycles. The third-order valence-electron chi connectivity index (χ3n) is 1.36. The van der Waals surface area contributed by atoms with Crippen LogP contribution in [0.5, 0.6) is 0 Å². The molecule has 0 aliphatic carbocycles. The van der Waals surface area contributed by atoms with Gasteiger partial charge in [0.25, 0.3) is 0 Å². The molecule has 3 N–H and O–H groups in total. The monoisotopic (exact) mass is 142 g/mol. The number of primary amides is 1. The van der Waals surface area contributed by atoms with Crippen LogP contribution in [0.3, 0.4) is 0 Å². The zero-order chi connectivity index (χ0) is 8.20. The van der Waals surface area contributed by atoms with Gasteiger partial charge in [0.05, 0.1) is 0 Å². The number of hydrogen-bond donors (Lipinski definition) is 2. The number of amides is 1. The molecule has 0 spiro atoms. The normalized spacial score (nSPS) is 15.8. The molecule has 57 valence electrons. The lowest BCUT2D eigenvalue weighted by Crippen LogP contribution is -2.43. The summed E-state index contributed by atoms with van der Waals surface area (Å²) in [4.78, 5) is 10.5. The molecule has 0 saturated carbocycles. The highest BCUT2D eigenvalue weighted by Crippen LogP contribution is 2.12. The molecule has 0 aromatic rings. The van der Waals surface area contributed by atoms with Crippen molar-refractivity contribution >= 4 is 5.91 Å². The van der Waals surface area contributed by atoms with Gasteiger partial charge >= 0.3 is 0 Å². The van der Waals surface area contributed by atoms with Crippen LogP contribution >= 0.6 is 0 Å². The van der Waals surface area contributed by atoms with Crippen molar-refractivity contribution in [2.75, 3.05) is 0 Å². The van der Waals surface area contributed by atoms with Gasteiger partial charge in [-0.05, 0) is 0 Å². The summed E-state index contributed by atoms with van der Waals surface area (Å²) in [5.74, 6) is -0.741. The lowest BCUT2D eigenvalue weighted by Gasteiger charge is -2.19. The predicted molar refractivity (Wildman–Crippen MR) is 38.9 cm³/mol. The highest BCUT2D eigenvalue weighted by molar-refractivity contribution is 5.84. The molecule has 3 heteroatoms. The Morgan fingerprint density at radius 1 is 1.90 bits per heavy atom. The zero-order valence-electron chi connectivity index (χ0n) is 6.00. The van der Waals surface area contributed by atoms with Gasteiger partial charge in [-0.15, -0.1) is 6.58 Å². The van der Waals surface area contributed by atoms with Crippen molar-refractivity contribution < 1.29 is 9.90 Å². The van der Waals surface area contributed by atoms with Gasteiger partial charge in [0.15, 0.2) is 0 Å². The highest BCUT2D eigenvalue weighted by atomic mass is 16.3. The molecule has 0 aromatic heterocycles. The van der Waals surface area contributed by atoms with E-state index in [4.69, 9.17) is 5.73 Å². The van der Waals surface area contributed by atoms with Gasteiger partial charge in [-0.2, -0.15) is 0 Å². The largest absolute Gasteiger partial charge is 0.379 e. The van der Waals surface area contributed by atoms with Crippen LogP contribution in [0.25, 0.3) is 0 Å². The molecule has 0 aliphatic rings. The van der Waals surface area contributed by atoms with Gasteiger partial charge in [0, 0.05) is 12.8 Å². The SMILES string of the molecule is C=CC[C@](O)([CH]C)C(N)=O. The Balaban J connectivity index is 4.21. The Labute approximate surface area is 60.5 Å². The molecule has 0 bridgehead atoms. The number of carbonyl (C=O) groups is 1. The first kappa shape index (κ1) is 9.17. The topological polar surface area (TPSA) is 63.3 Å². The lowest BCUT2D eigenvalue weighted by atomic mass is 9.96. The molecule has 0 heterocycles. The summed E-state index contributed by atoms with van der Waals surface area (Å²) in [5.41, 5.74) is 3.39. The van der Waals surface area contributed by atoms with Crippen molar-refractivity contribution in [3.05, 3.63) is 19.1 Å². The number of rotatable bonds is 4. The molecule has 10 heavy (non-hydrogen) atoms. The van der Waals surface area contributed by atoms with E-state index in [1.807, 2.05) is 0 Å². The Morgan fingerprint density at radius 3 is 2.50 bits per heavy atom. The van der Waals surface area contributed by atoms with Crippen LogP contribution in [0.15, 0.2) is 12.7 Å². The first-order chi connectivity index (χ1) is 4.56. The van der Waals surface area contributed by atoms with Gasteiger partial charge in [0.2, 0.25) is 5.91 Å². The van der Waals surface area contributed by atoms with Crippen LogP contribution < -0.4 is 5.73 Å². The van der Waals surface area contributed by atoms with E-state index in [0.29, 0.717) is 0 Å². The van der Waals surface area contributed by atoms with Crippen molar-refractivity contribution in [2.24, 2.45) is 5.73 Å². The second kappa shape index (κ2) is 3.37. The molecule has 0 unspecified atom stereocenters. The minimum absolute atomic E-state index is 0.166. The third-order valence-corrected chi connectivity index (χ3v) is 1.36. The third kappa shape index (κ3) is 1.84. The van der Waals surface area contributed by atoms with E-state index < -0.39 is 11.5 Å². The molecular weight excluding hydrogens is 130 g/mol. The Hall–Kier alpha value is -0.830. The number of carbonyl (C=O) groups excluding carboxylic acids is 1. The average Bonchev–Trinajstić information content (AvgIpc) is 1.88. The Morgan fingerprint density at radius 2 is 2.40 bits per heavy atom. The maximum Gasteiger partial charge on any atom is 0.250 e. The van der Waals surface area contributed by atoms with Crippen LogP contribution in [0.2, 0.25) is 0 Å². The van der Waals surface area contributed by atoms with Gasteiger partial charge in [0.1, 0.15) is 5.60 Å². The van der Waals surface area contributed by atoms with E-state index in [1.54, 1.807) is 6.92 Å². The van der Waals surface area contributed by atoms with Crippen molar-refractivity contribution in [1.82, 2.24) is 0 Å². The minimum Gasteiger partial charge on any atom is -0.379 e. The molecule has 0 fully saturated rings. The van der Waals surface area contributed by atoms with Gasteiger partial charge in [-0.25, -0.2) is 0 Å². The number of nitrogens with two attached hydrogens (primary N) is 1. The summed E-state index contributed by atoms with van der Waals surface area (Å²) < 4.78 is 0. The second-order valence-corrected chi connectivity index (χ2v) is 2.07. The molecule has 1 amide bonds. The maximum absolute atomic E-state index is 10.5. The summed E-state index contributed by atoms with van der Waals surface area (Å²) in [5, 5.41) is 9.30. The fourth-order valence-electron chi connectivity index (χ4n) is 0.581. The lowest BCUT2D eigenvalue weighted by molar-refractivity contribution is -0.132. The van der Waals surface area contributed by atoms with Crippen molar-refractivity contribution in [2.45, 2.75) is 18.9 Å². The Bertz CT molecular complexity index is 145. The van der Waals surface area contributed by atoms with Gasteiger partial charge < -0.3 is 10.8 Å². The molecule has 0 saturated heterocycles. The summed E-state index contributed by atoms with van der Waals surface area (Å²) in [7, 11) is 0. The molecular formula is C7H12NO2. The maximum atomic E-state index is 10.5. The molecule has 0 aromatic carbocycles. The minimum atomic E-state index is -1.51. The van der Waals surface area contributed by atoms with Crippen LogP contribution in [0.4, 0.5) is 0 Å². The fourth-order valence-corrected chi connectivity index (χ4v) is 0.581. The van der Waals surface area contributed by atoms with Crippen LogP contribution in [0, 0.1) is 6.42 Å². The summed E-state index contributed by atoms with van der Waals surface area (Å²) >= 11 is 0. The predicted octanol–water partition coefficient (Wildman–Crippen LogP) is 0.00309. The molecule has 1 radical (unpaired) electrons. The number of aliphatic hydroxyl groups is 1. The van der Waals surface area contributed by atoms with Crippen LogP contribution in [0.1, 0.15) is 13.3 Å². The Kier molecular flexibility index (Phi) is 3.09. The van der Waals surface area contributed by atoms with Crippen LogP contribution in [-0.4, -0.2) is 16.6 Å². The zero-order valence-corrected chi connectivity index (χ0v) is 6.00. The van der Waals surface area contributed by atoms with Crippen molar-refractivity contribution in [1.29, 1.82) is 0 Å². The van der Waals surface area contributed by atoms with E-state index in [9.17, 15) is 9.90 Å². The van der Waals surface area contributed by atoms with Gasteiger partial charge in [-0.1, -0.05) is 13.0 Å². The van der Waals surface area contributed by atoms with Crippen molar-refractivity contribution in [3.63, 3.8) is 0 Å². The van der Waals surface area contributed by atoms with Crippen molar-refractivity contribution in [3.8, 4) is 0 Å². The summed E-state index contributed by atoms with van der Waals surface area (Å²) in [6, 6.07) is 0. The number of hydrogen-bond acceptors (Lipinski definition) is 2. The highest BCUT2D eigenvalue weighted by Gasteiger charge is 2.29. The summed E-state index contributed by atoms with van der Waals surface area (Å²) in [6.07, 6.45) is 2.97. The second-order valence-electron chi connectivity index (χ2n) is 2.07. The van der Waals surface area contributed by atoms with E-state index >= 15 is 0 Å².